The second-order valence-corrected chi connectivity index (χ2v) is 3.83. The summed E-state index contributed by atoms with van der Waals surface area (Å²) in [7, 11) is 3.13. The number of ether oxygens (including phenoxy) is 2. The molecule has 1 aromatic heterocycles. The number of nitrogens with one attached hydrogen (secondary N) is 1. The van der Waals surface area contributed by atoms with Crippen molar-refractivity contribution < 1.29 is 9.47 Å². The first-order valence-corrected chi connectivity index (χ1v) is 5.61. The monoisotopic (exact) mass is 260 g/mol. The molecule has 1 unspecified atom stereocenters. The maximum Gasteiger partial charge on any atom is 0.318 e. The maximum atomic E-state index is 5.98. The van der Waals surface area contributed by atoms with Crippen molar-refractivity contribution in [1.82, 2.24) is 9.97 Å². The van der Waals surface area contributed by atoms with E-state index in [2.05, 4.69) is 15.3 Å². The lowest BCUT2D eigenvalue weighted by Gasteiger charge is -2.18. The Kier molecular flexibility index (Phi) is 5.96. The average Bonchev–Trinajstić information content (AvgIpc) is 2.32. The van der Waals surface area contributed by atoms with Crippen LogP contribution in [0.1, 0.15) is 6.42 Å². The third kappa shape index (κ3) is 4.33. The summed E-state index contributed by atoms with van der Waals surface area (Å²) >= 11 is 5.98. The van der Waals surface area contributed by atoms with Gasteiger partial charge in [-0.1, -0.05) is 11.6 Å². The molecule has 0 fully saturated rings. The van der Waals surface area contributed by atoms with E-state index >= 15 is 0 Å². The molecule has 96 valence electrons. The first kappa shape index (κ1) is 14.0. The van der Waals surface area contributed by atoms with Gasteiger partial charge in [0.2, 0.25) is 0 Å². The molecule has 1 heterocycles. The highest BCUT2D eigenvalue weighted by Crippen LogP contribution is 2.21. The van der Waals surface area contributed by atoms with Crippen LogP contribution in [0.25, 0.3) is 0 Å². The number of halogens is 1. The van der Waals surface area contributed by atoms with Crippen molar-refractivity contribution >= 4 is 17.4 Å². The van der Waals surface area contributed by atoms with Crippen LogP contribution in [0.4, 0.5) is 5.82 Å². The molecule has 1 atom stereocenters. The van der Waals surface area contributed by atoms with Gasteiger partial charge in [-0.2, -0.15) is 4.98 Å². The fourth-order valence-electron chi connectivity index (χ4n) is 1.34. The first-order valence-electron chi connectivity index (χ1n) is 5.23. The number of nitrogens with two attached hydrogens (primary N) is 1. The van der Waals surface area contributed by atoms with Crippen molar-refractivity contribution in [2.45, 2.75) is 12.5 Å². The molecule has 0 aromatic carbocycles. The molecule has 1 rings (SSSR count). The molecule has 0 saturated carbocycles. The van der Waals surface area contributed by atoms with Crippen molar-refractivity contribution in [1.29, 1.82) is 0 Å². The Morgan fingerprint density at radius 3 is 2.88 bits per heavy atom. The van der Waals surface area contributed by atoms with E-state index in [0.717, 1.165) is 6.42 Å². The van der Waals surface area contributed by atoms with Crippen LogP contribution in [0.5, 0.6) is 6.01 Å². The highest BCUT2D eigenvalue weighted by molar-refractivity contribution is 6.32. The van der Waals surface area contributed by atoms with Crippen LogP contribution in [0.3, 0.4) is 0 Å². The van der Waals surface area contributed by atoms with Crippen molar-refractivity contribution in [2.75, 3.05) is 32.7 Å². The van der Waals surface area contributed by atoms with Crippen molar-refractivity contribution in [3.8, 4) is 6.01 Å². The number of hydrogen-bond donors (Lipinski definition) is 2. The second kappa shape index (κ2) is 7.26. The van der Waals surface area contributed by atoms with Crippen LogP contribution in [-0.4, -0.2) is 43.4 Å². The van der Waals surface area contributed by atoms with E-state index in [-0.39, 0.29) is 12.1 Å². The number of nitrogens with zero attached hydrogens (tertiary/aromatic N) is 2. The summed E-state index contributed by atoms with van der Waals surface area (Å²) in [6.07, 6.45) is 2.25. The third-order valence-electron chi connectivity index (χ3n) is 2.13. The molecule has 6 nitrogen and oxygen atoms in total. The second-order valence-electron chi connectivity index (χ2n) is 3.43. The topological polar surface area (TPSA) is 82.3 Å². The van der Waals surface area contributed by atoms with Crippen molar-refractivity contribution in [3.63, 3.8) is 0 Å². The van der Waals surface area contributed by atoms with E-state index in [1.54, 1.807) is 7.11 Å². The molecule has 0 aliphatic rings. The van der Waals surface area contributed by atoms with E-state index in [1.807, 2.05) is 0 Å². The zero-order valence-corrected chi connectivity index (χ0v) is 10.7. The fourth-order valence-corrected chi connectivity index (χ4v) is 1.49. The summed E-state index contributed by atoms with van der Waals surface area (Å²) in [5.74, 6) is 0.522. The predicted octanol–water partition coefficient (Wildman–Crippen LogP) is 0.914. The Morgan fingerprint density at radius 1 is 1.53 bits per heavy atom. The lowest BCUT2D eigenvalue weighted by molar-refractivity contribution is 0.183. The quantitative estimate of drug-likeness (QED) is 0.759. The Hall–Kier alpha value is -1.11. The van der Waals surface area contributed by atoms with Crippen molar-refractivity contribution in [2.24, 2.45) is 5.73 Å². The largest absolute Gasteiger partial charge is 0.467 e. The zero-order chi connectivity index (χ0) is 12.7. The van der Waals surface area contributed by atoms with Gasteiger partial charge in [-0.15, -0.1) is 0 Å². The van der Waals surface area contributed by atoms with Crippen molar-refractivity contribution in [3.05, 3.63) is 11.2 Å². The highest BCUT2D eigenvalue weighted by atomic mass is 35.5. The van der Waals surface area contributed by atoms with Gasteiger partial charge >= 0.3 is 6.01 Å². The lowest BCUT2D eigenvalue weighted by Crippen LogP contribution is -2.28. The van der Waals surface area contributed by atoms with E-state index < -0.39 is 0 Å². The van der Waals surface area contributed by atoms with Gasteiger partial charge in [-0.3, -0.25) is 0 Å². The standard InChI is InChI=1S/C10H17ClN4O2/c1-16-6-7(3-4-12)14-9-8(11)5-13-10(15-9)17-2/h5,7H,3-4,6,12H2,1-2H3,(H,13,14,15). The summed E-state index contributed by atoms with van der Waals surface area (Å²) < 4.78 is 10.0. The molecule has 0 spiro atoms. The van der Waals surface area contributed by atoms with Gasteiger partial charge in [0.05, 0.1) is 26.0 Å². The fraction of sp³-hybridized carbons (Fsp3) is 0.600. The number of anilines is 1. The smallest absolute Gasteiger partial charge is 0.318 e. The Morgan fingerprint density at radius 2 is 2.29 bits per heavy atom. The minimum absolute atomic E-state index is 0.0575. The van der Waals surface area contributed by atoms with Crippen LogP contribution < -0.4 is 15.8 Å². The SMILES string of the molecule is COCC(CCN)Nc1nc(OC)ncc1Cl. The molecular formula is C10H17ClN4O2. The predicted molar refractivity (Wildman–Crippen MR) is 66.6 cm³/mol. The number of methoxy groups -OCH3 is 2. The molecular weight excluding hydrogens is 244 g/mol. The number of rotatable bonds is 7. The van der Waals surface area contributed by atoms with Crippen LogP contribution in [0.2, 0.25) is 5.02 Å². The molecule has 0 saturated heterocycles. The highest BCUT2D eigenvalue weighted by Gasteiger charge is 2.12. The van der Waals surface area contributed by atoms with Gasteiger partial charge in [0.25, 0.3) is 0 Å². The van der Waals surface area contributed by atoms with Gasteiger partial charge in [0, 0.05) is 7.11 Å². The third-order valence-corrected chi connectivity index (χ3v) is 2.40. The summed E-state index contributed by atoms with van der Waals surface area (Å²) in [6, 6.07) is 0.322. The van der Waals surface area contributed by atoms with Gasteiger partial charge in [0.15, 0.2) is 5.82 Å². The maximum absolute atomic E-state index is 5.98. The van der Waals surface area contributed by atoms with Gasteiger partial charge in [-0.05, 0) is 13.0 Å². The molecule has 0 aliphatic heterocycles. The summed E-state index contributed by atoms with van der Waals surface area (Å²) in [5, 5.41) is 3.59. The van der Waals surface area contributed by atoms with Crippen LogP contribution in [0, 0.1) is 0 Å². The van der Waals surface area contributed by atoms with E-state index in [1.165, 1.54) is 13.3 Å². The normalized spacial score (nSPS) is 12.2. The van der Waals surface area contributed by atoms with Gasteiger partial charge in [-0.25, -0.2) is 4.98 Å². The molecule has 7 heteroatoms. The summed E-state index contributed by atoms with van der Waals surface area (Å²) in [5.41, 5.74) is 5.52. The average molecular weight is 261 g/mol. The molecule has 3 N–H and O–H groups in total. The molecule has 0 radical (unpaired) electrons. The van der Waals surface area contributed by atoms with E-state index in [4.69, 9.17) is 26.8 Å². The molecule has 0 bridgehead atoms. The first-order chi connectivity index (χ1) is 8.21. The summed E-state index contributed by atoms with van der Waals surface area (Å²) in [6.45, 7) is 1.08. The molecule has 0 amide bonds. The van der Waals surface area contributed by atoms with Crippen LogP contribution >= 0.6 is 11.6 Å². The summed E-state index contributed by atoms with van der Waals surface area (Å²) in [4.78, 5) is 8.02. The molecule has 1 aromatic rings. The van der Waals surface area contributed by atoms with Gasteiger partial charge in [0.1, 0.15) is 5.02 Å². The number of aromatic nitrogens is 2. The minimum Gasteiger partial charge on any atom is -0.467 e. The Balaban J connectivity index is 2.76. The molecule has 17 heavy (non-hydrogen) atoms. The van der Waals surface area contributed by atoms with Gasteiger partial charge < -0.3 is 20.5 Å². The minimum atomic E-state index is 0.0575. The molecule has 0 aliphatic carbocycles. The Bertz CT molecular complexity index is 345. The lowest BCUT2D eigenvalue weighted by atomic mass is 10.2. The zero-order valence-electron chi connectivity index (χ0n) is 9.94. The number of hydrogen-bond acceptors (Lipinski definition) is 6. The Labute approximate surface area is 105 Å². The van der Waals surface area contributed by atoms with E-state index in [0.29, 0.717) is 24.0 Å². The van der Waals surface area contributed by atoms with Crippen LogP contribution in [0.15, 0.2) is 6.20 Å². The van der Waals surface area contributed by atoms with E-state index in [9.17, 15) is 0 Å². The van der Waals surface area contributed by atoms with Crippen LogP contribution in [-0.2, 0) is 4.74 Å².